The number of rotatable bonds is 4. The van der Waals surface area contributed by atoms with Crippen molar-refractivity contribution >= 4 is 34.2 Å². The van der Waals surface area contributed by atoms with E-state index in [2.05, 4.69) is 24.3 Å². The zero-order valence-electron chi connectivity index (χ0n) is 16.5. The smallest absolute Gasteiger partial charge is 0.238 e. The summed E-state index contributed by atoms with van der Waals surface area (Å²) in [4.78, 5) is 15.7. The second-order valence-corrected chi connectivity index (χ2v) is 10.3. The third kappa shape index (κ3) is 3.15. The Labute approximate surface area is 179 Å². The van der Waals surface area contributed by atoms with E-state index in [1.165, 1.54) is 11.1 Å². The molecule has 0 aromatic heterocycles. The van der Waals surface area contributed by atoms with E-state index in [0.717, 1.165) is 49.6 Å². The Bertz CT molecular complexity index is 971. The Morgan fingerprint density at radius 1 is 1.10 bits per heavy atom. The molecule has 3 unspecified atom stereocenters. The van der Waals surface area contributed by atoms with Crippen molar-refractivity contribution in [2.24, 2.45) is 5.92 Å². The lowest BCUT2D eigenvalue weighted by atomic mass is 9.92. The second-order valence-electron chi connectivity index (χ2n) is 8.51. The summed E-state index contributed by atoms with van der Waals surface area (Å²) in [6.07, 6.45) is 4.58. The molecular formula is C23H25ClN2O2S. The fraction of sp³-hybridized carbons (Fsp3) is 0.435. The molecule has 2 aliphatic heterocycles. The van der Waals surface area contributed by atoms with Gasteiger partial charge in [-0.2, -0.15) is 0 Å². The lowest BCUT2D eigenvalue weighted by Crippen LogP contribution is -2.41. The molecule has 4 nitrogen and oxygen atoms in total. The third-order valence-electron chi connectivity index (χ3n) is 6.91. The monoisotopic (exact) mass is 428 g/mol. The van der Waals surface area contributed by atoms with Crippen molar-refractivity contribution in [3.05, 3.63) is 64.7 Å². The first-order chi connectivity index (χ1) is 14.0. The van der Waals surface area contributed by atoms with E-state index in [4.69, 9.17) is 11.6 Å². The van der Waals surface area contributed by atoms with E-state index < -0.39 is 16.4 Å². The molecule has 0 bridgehead atoms. The van der Waals surface area contributed by atoms with Crippen LogP contribution >= 0.6 is 11.6 Å². The molecule has 2 fully saturated rings. The van der Waals surface area contributed by atoms with Gasteiger partial charge in [-0.25, -0.2) is 8.51 Å². The number of para-hydroxylation sites is 1. The van der Waals surface area contributed by atoms with Gasteiger partial charge >= 0.3 is 0 Å². The molecule has 3 aliphatic rings. The standard InChI is InChI=1S/C23H25ClN2O2S/c1-29(28)25-12-10-16(11-13-25)15-26-21-5-3-2-4-19(21)23(22(26)27)14-20(23)17-6-8-18(24)9-7-17/h2-9,16,20H,10-15H2,1H3. The molecule has 152 valence electrons. The SMILES string of the molecule is CS(=O)N1CCC(CN2C(=O)C3(CC3c3ccc(Cl)cc3)c3ccccc32)CC1. The van der Waals surface area contributed by atoms with Crippen LogP contribution in [0.4, 0.5) is 5.69 Å². The summed E-state index contributed by atoms with van der Waals surface area (Å²) in [6, 6.07) is 16.2. The molecule has 6 heteroatoms. The topological polar surface area (TPSA) is 40.6 Å². The highest BCUT2D eigenvalue weighted by Gasteiger charge is 2.67. The largest absolute Gasteiger partial charge is 0.311 e. The highest BCUT2D eigenvalue weighted by molar-refractivity contribution is 7.81. The summed E-state index contributed by atoms with van der Waals surface area (Å²) >= 11 is 6.06. The van der Waals surface area contributed by atoms with Crippen LogP contribution in [0.25, 0.3) is 0 Å². The molecule has 1 spiro atoms. The highest BCUT2D eigenvalue weighted by Crippen LogP contribution is 2.66. The summed E-state index contributed by atoms with van der Waals surface area (Å²) in [5.41, 5.74) is 3.04. The van der Waals surface area contributed by atoms with Crippen molar-refractivity contribution in [3.63, 3.8) is 0 Å². The zero-order chi connectivity index (χ0) is 20.2. The first-order valence-electron chi connectivity index (χ1n) is 10.3. The highest BCUT2D eigenvalue weighted by atomic mass is 35.5. The first kappa shape index (κ1) is 19.3. The van der Waals surface area contributed by atoms with Crippen molar-refractivity contribution in [2.45, 2.75) is 30.6 Å². The van der Waals surface area contributed by atoms with Crippen molar-refractivity contribution in [1.29, 1.82) is 0 Å². The number of piperidine rings is 1. The summed E-state index contributed by atoms with van der Waals surface area (Å²) in [5, 5.41) is 0.725. The van der Waals surface area contributed by atoms with E-state index in [-0.39, 0.29) is 11.8 Å². The molecule has 1 saturated heterocycles. The van der Waals surface area contributed by atoms with Crippen LogP contribution in [0.1, 0.15) is 36.3 Å². The van der Waals surface area contributed by atoms with E-state index >= 15 is 0 Å². The molecule has 0 N–H and O–H groups in total. The van der Waals surface area contributed by atoms with Crippen LogP contribution in [0.2, 0.25) is 5.02 Å². The molecular weight excluding hydrogens is 404 g/mol. The average Bonchev–Trinajstić information content (AvgIpc) is 3.44. The number of benzene rings is 2. The van der Waals surface area contributed by atoms with Gasteiger partial charge in [0.1, 0.15) is 0 Å². The van der Waals surface area contributed by atoms with Crippen molar-refractivity contribution < 1.29 is 9.00 Å². The number of halogens is 1. The molecule has 1 saturated carbocycles. The summed E-state index contributed by atoms with van der Waals surface area (Å²) < 4.78 is 13.7. The predicted octanol–water partition coefficient (Wildman–Crippen LogP) is 4.12. The number of amides is 1. The van der Waals surface area contributed by atoms with Gasteiger partial charge in [0.15, 0.2) is 0 Å². The van der Waals surface area contributed by atoms with Gasteiger partial charge in [-0.3, -0.25) is 4.79 Å². The number of anilines is 1. The Morgan fingerprint density at radius 3 is 2.48 bits per heavy atom. The number of hydrogen-bond donors (Lipinski definition) is 0. The van der Waals surface area contributed by atoms with Gasteiger partial charge in [0.25, 0.3) is 0 Å². The molecule has 3 atom stereocenters. The third-order valence-corrected chi connectivity index (χ3v) is 8.26. The van der Waals surface area contributed by atoms with Crippen LogP contribution in [0.5, 0.6) is 0 Å². The minimum Gasteiger partial charge on any atom is -0.311 e. The second kappa shape index (κ2) is 7.22. The van der Waals surface area contributed by atoms with E-state index in [0.29, 0.717) is 5.92 Å². The first-order valence-corrected chi connectivity index (χ1v) is 12.2. The van der Waals surface area contributed by atoms with Crippen LogP contribution in [-0.2, 0) is 21.2 Å². The van der Waals surface area contributed by atoms with Crippen LogP contribution in [0.15, 0.2) is 48.5 Å². The maximum absolute atomic E-state index is 13.7. The predicted molar refractivity (Wildman–Crippen MR) is 118 cm³/mol. The van der Waals surface area contributed by atoms with Gasteiger partial charge in [0.05, 0.1) is 16.4 Å². The Hall–Kier alpha value is -1.69. The molecule has 1 amide bonds. The van der Waals surface area contributed by atoms with Gasteiger partial charge in [-0.1, -0.05) is 41.9 Å². The van der Waals surface area contributed by atoms with Gasteiger partial charge in [0.2, 0.25) is 5.91 Å². The number of fused-ring (bicyclic) bond motifs is 2. The molecule has 2 aromatic rings. The van der Waals surface area contributed by atoms with E-state index in [1.807, 2.05) is 33.5 Å². The number of carbonyl (C=O) groups excluding carboxylic acids is 1. The average molecular weight is 429 g/mol. The molecule has 0 radical (unpaired) electrons. The van der Waals surface area contributed by atoms with Gasteiger partial charge in [-0.15, -0.1) is 0 Å². The Morgan fingerprint density at radius 2 is 1.79 bits per heavy atom. The Balaban J connectivity index is 1.39. The minimum absolute atomic E-state index is 0.225. The van der Waals surface area contributed by atoms with Gasteiger partial charge in [-0.05, 0) is 54.5 Å². The van der Waals surface area contributed by atoms with Crippen molar-refractivity contribution in [3.8, 4) is 0 Å². The lowest BCUT2D eigenvalue weighted by molar-refractivity contribution is -0.120. The van der Waals surface area contributed by atoms with E-state index in [1.54, 1.807) is 6.26 Å². The van der Waals surface area contributed by atoms with Gasteiger partial charge in [0, 0.05) is 42.5 Å². The van der Waals surface area contributed by atoms with Crippen LogP contribution < -0.4 is 4.90 Å². The maximum Gasteiger partial charge on any atom is 0.238 e. The number of nitrogens with zero attached hydrogens (tertiary/aromatic N) is 2. The molecule has 1 aliphatic carbocycles. The van der Waals surface area contributed by atoms with Gasteiger partial charge < -0.3 is 4.90 Å². The molecule has 5 rings (SSSR count). The molecule has 29 heavy (non-hydrogen) atoms. The zero-order valence-corrected chi connectivity index (χ0v) is 18.1. The number of carbonyl (C=O) groups is 1. The summed E-state index contributed by atoms with van der Waals surface area (Å²) in [7, 11) is -0.901. The van der Waals surface area contributed by atoms with Crippen molar-refractivity contribution in [1.82, 2.24) is 4.31 Å². The number of hydrogen-bond acceptors (Lipinski definition) is 2. The molecule has 2 heterocycles. The van der Waals surface area contributed by atoms with Crippen LogP contribution in [-0.4, -0.2) is 40.3 Å². The summed E-state index contributed by atoms with van der Waals surface area (Å²) in [5.74, 6) is 0.928. The van der Waals surface area contributed by atoms with Crippen LogP contribution in [0, 0.1) is 5.92 Å². The summed E-state index contributed by atoms with van der Waals surface area (Å²) in [6.45, 7) is 2.45. The minimum atomic E-state index is -0.901. The van der Waals surface area contributed by atoms with E-state index in [9.17, 15) is 9.00 Å². The van der Waals surface area contributed by atoms with Crippen LogP contribution in [0.3, 0.4) is 0 Å². The normalized spacial score (nSPS) is 28.0. The maximum atomic E-state index is 13.7. The fourth-order valence-electron chi connectivity index (χ4n) is 5.23. The molecule has 2 aromatic carbocycles. The Kier molecular flexibility index (Phi) is 4.80. The van der Waals surface area contributed by atoms with Crippen molar-refractivity contribution in [2.75, 3.05) is 30.8 Å². The fourth-order valence-corrected chi connectivity index (χ4v) is 6.09. The lowest BCUT2D eigenvalue weighted by Gasteiger charge is -2.32. The quantitative estimate of drug-likeness (QED) is 0.735.